The first-order chi connectivity index (χ1) is 17.6. The maximum absolute atomic E-state index is 13.7. The molecule has 0 spiro atoms. The van der Waals surface area contributed by atoms with E-state index in [2.05, 4.69) is 15.9 Å². The van der Waals surface area contributed by atoms with E-state index in [1.165, 1.54) is 16.7 Å². The van der Waals surface area contributed by atoms with E-state index < -0.39 is 21.8 Å². The second kappa shape index (κ2) is 10.7. The smallest absolute Gasteiger partial charge is 0.405 e. The Labute approximate surface area is 221 Å². The Kier molecular flexibility index (Phi) is 7.60. The maximum Gasteiger partial charge on any atom is 0.405 e. The van der Waals surface area contributed by atoms with Crippen molar-refractivity contribution in [2.45, 2.75) is 24.8 Å². The maximum atomic E-state index is 13.7. The number of ketones is 1. The highest BCUT2D eigenvalue weighted by molar-refractivity contribution is 9.10. The molecular weight excluding hydrogens is 560 g/mol. The van der Waals surface area contributed by atoms with E-state index in [-0.39, 0.29) is 34.9 Å². The van der Waals surface area contributed by atoms with Crippen molar-refractivity contribution < 1.29 is 23.1 Å². The van der Waals surface area contributed by atoms with Crippen LogP contribution >= 0.6 is 15.9 Å². The minimum atomic E-state index is -3.87. The monoisotopic (exact) mass is 582 g/mol. The number of hydrogen-bond donors (Lipinski definition) is 2. The van der Waals surface area contributed by atoms with Crippen LogP contribution in [0.3, 0.4) is 0 Å². The van der Waals surface area contributed by atoms with Gasteiger partial charge in [-0.1, -0.05) is 65.3 Å². The molecule has 37 heavy (non-hydrogen) atoms. The van der Waals surface area contributed by atoms with Crippen molar-refractivity contribution in [3.8, 4) is 11.1 Å². The van der Waals surface area contributed by atoms with Crippen molar-refractivity contribution in [2.75, 3.05) is 5.88 Å². The lowest BCUT2D eigenvalue weighted by molar-refractivity contribution is 0.0979. The molecule has 190 valence electrons. The molecule has 0 saturated heterocycles. The van der Waals surface area contributed by atoms with Gasteiger partial charge >= 0.3 is 6.09 Å². The lowest BCUT2D eigenvalue weighted by Gasteiger charge is -2.19. The summed E-state index contributed by atoms with van der Waals surface area (Å²) >= 11 is 3.48. The summed E-state index contributed by atoms with van der Waals surface area (Å²) in [5.74, 6) is -0.950. The molecule has 4 rings (SSSR count). The van der Waals surface area contributed by atoms with Crippen molar-refractivity contribution >= 4 is 48.4 Å². The van der Waals surface area contributed by atoms with Crippen molar-refractivity contribution in [3.63, 3.8) is 0 Å². The molecule has 8 nitrogen and oxygen atoms in total. The summed E-state index contributed by atoms with van der Waals surface area (Å²) in [7, 11) is -3.87. The van der Waals surface area contributed by atoms with Crippen molar-refractivity contribution in [1.82, 2.24) is 9.88 Å². The molecule has 0 aliphatic rings. The minimum absolute atomic E-state index is 0.0411. The number of Topliss-reactive ketones (excluding diaryl/α,β-unsaturated/α-hetero) is 1. The number of hydrogen-bond acceptors (Lipinski definition) is 5. The Bertz CT molecular complexity index is 1660. The number of pyridine rings is 1. The molecule has 1 aromatic heterocycles. The lowest BCUT2D eigenvalue weighted by atomic mass is 9.94. The predicted molar refractivity (Wildman–Crippen MR) is 145 cm³/mol. The third-order valence-corrected chi connectivity index (χ3v) is 7.93. The third kappa shape index (κ3) is 5.50. The number of carbonyl (C=O) groups excluding carboxylic acids is 1. The van der Waals surface area contributed by atoms with E-state index in [9.17, 15) is 22.8 Å². The van der Waals surface area contributed by atoms with Gasteiger partial charge in [0.2, 0.25) is 0 Å². The zero-order valence-corrected chi connectivity index (χ0v) is 22.2. The molecule has 0 aliphatic heterocycles. The number of benzene rings is 3. The molecule has 0 aliphatic carbocycles. The van der Waals surface area contributed by atoms with E-state index >= 15 is 0 Å². The molecule has 2 N–H and O–H groups in total. The largest absolute Gasteiger partial charge is 0.465 e. The molecule has 0 bridgehead atoms. The van der Waals surface area contributed by atoms with Crippen molar-refractivity contribution in [1.29, 1.82) is 0 Å². The van der Waals surface area contributed by atoms with Gasteiger partial charge in [0, 0.05) is 21.8 Å². The third-order valence-electron chi connectivity index (χ3n) is 5.92. The summed E-state index contributed by atoms with van der Waals surface area (Å²) in [5, 5.41) is 11.7. The number of aromatic nitrogens is 1. The predicted octanol–water partition coefficient (Wildman–Crippen LogP) is 5.07. The topological polar surface area (TPSA) is 123 Å². The Hall–Kier alpha value is -3.76. The highest BCUT2D eigenvalue weighted by atomic mass is 79.9. The molecule has 1 amide bonds. The summed E-state index contributed by atoms with van der Waals surface area (Å²) in [4.78, 5) is 37.6. The van der Waals surface area contributed by atoms with Gasteiger partial charge in [-0.15, -0.1) is 0 Å². The number of nitrogens with zero attached hydrogens (tertiary/aromatic N) is 1. The number of rotatable bonds is 8. The summed E-state index contributed by atoms with van der Waals surface area (Å²) < 4.78 is 27.0. The van der Waals surface area contributed by atoms with E-state index in [0.717, 1.165) is 10.0 Å². The van der Waals surface area contributed by atoms with Gasteiger partial charge in [0.15, 0.2) is 15.6 Å². The summed E-state index contributed by atoms with van der Waals surface area (Å²) in [6, 6.07) is 20.5. The Balaban J connectivity index is 1.89. The van der Waals surface area contributed by atoms with Gasteiger partial charge in [0.05, 0.1) is 17.1 Å². The van der Waals surface area contributed by atoms with Crippen LogP contribution in [0.5, 0.6) is 0 Å². The molecule has 4 aromatic rings. The summed E-state index contributed by atoms with van der Waals surface area (Å²) in [5.41, 5.74) is 2.01. The minimum Gasteiger partial charge on any atom is -0.465 e. The van der Waals surface area contributed by atoms with Crippen LogP contribution in [0.1, 0.15) is 29.4 Å². The first-order valence-corrected chi connectivity index (χ1v) is 13.8. The average molecular weight is 583 g/mol. The zero-order valence-electron chi connectivity index (χ0n) is 19.8. The first kappa shape index (κ1) is 26.3. The Morgan fingerprint density at radius 2 is 1.65 bits per heavy atom. The van der Waals surface area contributed by atoms with E-state index in [4.69, 9.17) is 5.11 Å². The van der Waals surface area contributed by atoms with Crippen molar-refractivity contribution in [2.24, 2.45) is 0 Å². The summed E-state index contributed by atoms with van der Waals surface area (Å²) in [6.45, 7) is 1.78. The van der Waals surface area contributed by atoms with Crippen LogP contribution < -0.4 is 10.9 Å². The van der Waals surface area contributed by atoms with E-state index in [0.29, 0.717) is 21.9 Å². The standard InChI is InChI=1S/C27H23BrN2O6S/c1-2-23(31)25-24(18-6-4-3-5-7-18)22-14-19(28)10-13-21(22)26(32)30(25)15-17-8-11-20(12-9-17)37(35,36)16-29-27(33)34/h3-14,29H,2,15-16H2,1H3,(H,33,34). The number of fused-ring (bicyclic) bond motifs is 1. The number of nitrogens with one attached hydrogen (secondary N) is 1. The quantitative estimate of drug-likeness (QED) is 0.280. The van der Waals surface area contributed by atoms with Crippen LogP contribution in [0.4, 0.5) is 4.79 Å². The molecule has 0 fully saturated rings. The SMILES string of the molecule is CCC(=O)c1c(-c2ccccc2)c2cc(Br)ccc2c(=O)n1Cc1ccc(S(=O)(=O)CNC(=O)O)cc1. The van der Waals surface area contributed by atoms with Crippen LogP contribution in [-0.4, -0.2) is 35.8 Å². The Morgan fingerprint density at radius 1 is 0.973 bits per heavy atom. The second-order valence-corrected chi connectivity index (χ2v) is 11.2. The van der Waals surface area contributed by atoms with Crippen LogP contribution in [0.25, 0.3) is 21.9 Å². The van der Waals surface area contributed by atoms with Gasteiger partial charge in [-0.3, -0.25) is 14.2 Å². The molecule has 3 aromatic carbocycles. The Morgan fingerprint density at radius 3 is 2.27 bits per heavy atom. The zero-order chi connectivity index (χ0) is 26.7. The van der Waals surface area contributed by atoms with Gasteiger partial charge in [-0.25, -0.2) is 13.2 Å². The fourth-order valence-electron chi connectivity index (χ4n) is 4.15. The van der Waals surface area contributed by atoms with Crippen LogP contribution in [0.2, 0.25) is 0 Å². The molecule has 0 unspecified atom stereocenters. The molecule has 0 atom stereocenters. The summed E-state index contributed by atoms with van der Waals surface area (Å²) in [6.07, 6.45) is -1.25. The van der Waals surface area contributed by atoms with Gasteiger partial charge in [0.25, 0.3) is 5.56 Å². The van der Waals surface area contributed by atoms with E-state index in [1.807, 2.05) is 41.7 Å². The molecular formula is C27H23BrN2O6S. The number of carbonyl (C=O) groups is 2. The first-order valence-electron chi connectivity index (χ1n) is 11.4. The fourth-order valence-corrected chi connectivity index (χ4v) is 5.54. The van der Waals surface area contributed by atoms with Gasteiger partial charge in [-0.2, -0.15) is 0 Å². The van der Waals surface area contributed by atoms with Crippen molar-refractivity contribution in [3.05, 3.63) is 98.9 Å². The molecule has 1 heterocycles. The highest BCUT2D eigenvalue weighted by Gasteiger charge is 2.23. The molecule has 0 saturated carbocycles. The van der Waals surface area contributed by atoms with Crippen LogP contribution in [-0.2, 0) is 16.4 Å². The van der Waals surface area contributed by atoms with E-state index in [1.54, 1.807) is 31.2 Å². The van der Waals surface area contributed by atoms with Crippen LogP contribution in [0, 0.1) is 0 Å². The number of halogens is 1. The number of carboxylic acid groups (broad SMARTS) is 1. The number of amides is 1. The van der Waals surface area contributed by atoms with Gasteiger partial charge < -0.3 is 10.4 Å². The van der Waals surface area contributed by atoms with Gasteiger partial charge in [0.1, 0.15) is 5.88 Å². The van der Waals surface area contributed by atoms with Gasteiger partial charge in [-0.05, 0) is 46.8 Å². The average Bonchev–Trinajstić information content (AvgIpc) is 2.89. The lowest BCUT2D eigenvalue weighted by Crippen LogP contribution is -2.28. The highest BCUT2D eigenvalue weighted by Crippen LogP contribution is 2.33. The number of sulfone groups is 1. The second-order valence-electron chi connectivity index (χ2n) is 8.33. The normalized spacial score (nSPS) is 11.4. The molecule has 10 heteroatoms. The van der Waals surface area contributed by atoms with Crippen LogP contribution in [0.15, 0.2) is 87.0 Å². The fraction of sp³-hybridized carbons (Fsp3) is 0.148. The molecule has 0 radical (unpaired) electrons.